The standard InChI is InChI=1S/C15H27NO3S/c17-14-11-20(18,19)10-13(14)16-9-5-8-15(12-16)6-3-1-2-4-7-15/h13-14,17H,1-12H2/t13-,14-/m1/s1. The van der Waals surface area contributed by atoms with Crippen LogP contribution in [0.15, 0.2) is 0 Å². The molecule has 0 radical (unpaired) electrons. The first kappa shape index (κ1) is 14.8. The Hall–Kier alpha value is -0.130. The molecule has 1 aliphatic carbocycles. The summed E-state index contributed by atoms with van der Waals surface area (Å²) in [6.45, 7) is 1.96. The summed E-state index contributed by atoms with van der Waals surface area (Å²) >= 11 is 0. The minimum absolute atomic E-state index is 0.0405. The van der Waals surface area contributed by atoms with Gasteiger partial charge in [0.15, 0.2) is 9.84 Å². The van der Waals surface area contributed by atoms with Gasteiger partial charge in [-0.2, -0.15) is 0 Å². The Balaban J connectivity index is 1.71. The Morgan fingerprint density at radius 3 is 2.20 bits per heavy atom. The van der Waals surface area contributed by atoms with Crippen molar-refractivity contribution in [2.75, 3.05) is 24.6 Å². The van der Waals surface area contributed by atoms with Crippen LogP contribution in [0.25, 0.3) is 0 Å². The van der Waals surface area contributed by atoms with Crippen LogP contribution < -0.4 is 0 Å². The average Bonchev–Trinajstić information content (AvgIpc) is 2.56. The molecule has 0 unspecified atom stereocenters. The molecule has 3 rings (SSSR count). The minimum Gasteiger partial charge on any atom is -0.390 e. The van der Waals surface area contributed by atoms with Gasteiger partial charge in [0.05, 0.1) is 23.7 Å². The molecule has 2 aliphatic heterocycles. The first-order valence-electron chi connectivity index (χ1n) is 8.12. The molecule has 0 aromatic heterocycles. The smallest absolute Gasteiger partial charge is 0.154 e. The molecule has 2 atom stereocenters. The van der Waals surface area contributed by atoms with Gasteiger partial charge in [-0.3, -0.25) is 4.90 Å². The molecule has 0 amide bonds. The fourth-order valence-corrected chi connectivity index (χ4v) is 6.41. The number of aliphatic hydroxyl groups excluding tert-OH is 1. The molecule has 0 aromatic carbocycles. The van der Waals surface area contributed by atoms with Crippen LogP contribution in [0, 0.1) is 5.41 Å². The van der Waals surface area contributed by atoms with Crippen molar-refractivity contribution in [2.45, 2.75) is 63.5 Å². The van der Waals surface area contributed by atoms with E-state index >= 15 is 0 Å². The van der Waals surface area contributed by atoms with Crippen LogP contribution in [-0.2, 0) is 9.84 Å². The zero-order valence-electron chi connectivity index (χ0n) is 12.3. The number of piperidine rings is 1. The van der Waals surface area contributed by atoms with E-state index in [1.54, 1.807) is 0 Å². The Morgan fingerprint density at radius 1 is 0.950 bits per heavy atom. The summed E-state index contributed by atoms with van der Waals surface area (Å²) < 4.78 is 23.5. The fraction of sp³-hybridized carbons (Fsp3) is 1.00. The molecule has 3 aliphatic rings. The van der Waals surface area contributed by atoms with Crippen LogP contribution in [0.3, 0.4) is 0 Å². The van der Waals surface area contributed by atoms with Crippen LogP contribution in [0.5, 0.6) is 0 Å². The second kappa shape index (κ2) is 5.58. The third-order valence-corrected chi connectivity index (χ3v) is 7.32. The largest absolute Gasteiger partial charge is 0.390 e. The summed E-state index contributed by atoms with van der Waals surface area (Å²) in [5, 5.41) is 10.1. The average molecular weight is 301 g/mol. The van der Waals surface area contributed by atoms with Crippen LogP contribution in [0.1, 0.15) is 51.4 Å². The lowest BCUT2D eigenvalue weighted by Gasteiger charge is -2.45. The van der Waals surface area contributed by atoms with Crippen LogP contribution in [-0.4, -0.2) is 55.2 Å². The lowest BCUT2D eigenvalue weighted by molar-refractivity contribution is 0.0106. The van der Waals surface area contributed by atoms with Crippen molar-refractivity contribution in [1.29, 1.82) is 0 Å². The normalized spacial score (nSPS) is 37.9. The van der Waals surface area contributed by atoms with Crippen LogP contribution in [0.2, 0.25) is 0 Å². The molecular weight excluding hydrogens is 274 g/mol. The highest BCUT2D eigenvalue weighted by Crippen LogP contribution is 2.43. The topological polar surface area (TPSA) is 57.6 Å². The maximum atomic E-state index is 11.7. The molecule has 0 bridgehead atoms. The van der Waals surface area contributed by atoms with Gasteiger partial charge in [-0.25, -0.2) is 8.42 Å². The molecule has 20 heavy (non-hydrogen) atoms. The SMILES string of the molecule is O=S1(=O)C[C@@H](O)[C@H](N2CCCC3(CCCCCC3)C2)C1. The van der Waals surface area contributed by atoms with Gasteiger partial charge in [0.2, 0.25) is 0 Å². The van der Waals surface area contributed by atoms with E-state index < -0.39 is 15.9 Å². The van der Waals surface area contributed by atoms with Crippen molar-refractivity contribution >= 4 is 9.84 Å². The molecule has 1 N–H and O–H groups in total. The predicted molar refractivity (Wildman–Crippen MR) is 79.4 cm³/mol. The zero-order valence-corrected chi connectivity index (χ0v) is 13.1. The Kier molecular flexibility index (Phi) is 4.13. The summed E-state index contributed by atoms with van der Waals surface area (Å²) in [6.07, 6.45) is 9.68. The molecule has 2 heterocycles. The van der Waals surface area contributed by atoms with E-state index in [-0.39, 0.29) is 17.5 Å². The number of sulfone groups is 1. The van der Waals surface area contributed by atoms with E-state index in [0.717, 1.165) is 19.5 Å². The zero-order chi connectivity index (χ0) is 14.2. The maximum Gasteiger partial charge on any atom is 0.154 e. The van der Waals surface area contributed by atoms with Gasteiger partial charge in [-0.15, -0.1) is 0 Å². The van der Waals surface area contributed by atoms with Crippen molar-refractivity contribution in [3.8, 4) is 0 Å². The highest BCUT2D eigenvalue weighted by atomic mass is 32.2. The van der Waals surface area contributed by atoms with E-state index in [0.29, 0.717) is 5.41 Å². The first-order chi connectivity index (χ1) is 9.50. The third-order valence-electron chi connectivity index (χ3n) is 5.62. The number of aliphatic hydroxyl groups is 1. The first-order valence-corrected chi connectivity index (χ1v) is 9.94. The van der Waals surface area contributed by atoms with E-state index in [1.165, 1.54) is 44.9 Å². The van der Waals surface area contributed by atoms with Gasteiger partial charge in [-0.05, 0) is 37.6 Å². The molecular formula is C15H27NO3S. The molecule has 3 fully saturated rings. The van der Waals surface area contributed by atoms with Gasteiger partial charge >= 0.3 is 0 Å². The highest BCUT2D eigenvalue weighted by Gasteiger charge is 2.44. The van der Waals surface area contributed by atoms with Gasteiger partial charge in [-0.1, -0.05) is 25.7 Å². The van der Waals surface area contributed by atoms with Crippen LogP contribution in [0.4, 0.5) is 0 Å². The fourth-order valence-electron chi connectivity index (χ4n) is 4.58. The lowest BCUT2D eigenvalue weighted by Crippen LogP contribution is -2.51. The molecule has 5 heteroatoms. The predicted octanol–water partition coefficient (Wildman–Crippen LogP) is 1.58. The van der Waals surface area contributed by atoms with E-state index in [4.69, 9.17) is 0 Å². The van der Waals surface area contributed by atoms with Crippen molar-refractivity contribution in [3.05, 3.63) is 0 Å². The lowest BCUT2D eigenvalue weighted by atomic mass is 9.73. The molecule has 116 valence electrons. The summed E-state index contributed by atoms with van der Waals surface area (Å²) in [6, 6.07) is -0.152. The Morgan fingerprint density at radius 2 is 1.60 bits per heavy atom. The minimum atomic E-state index is -3.04. The monoisotopic (exact) mass is 301 g/mol. The van der Waals surface area contributed by atoms with Gasteiger partial charge in [0, 0.05) is 6.54 Å². The van der Waals surface area contributed by atoms with Crippen molar-refractivity contribution in [3.63, 3.8) is 0 Å². The number of rotatable bonds is 1. The van der Waals surface area contributed by atoms with Crippen LogP contribution >= 0.6 is 0 Å². The molecule has 1 spiro atoms. The summed E-state index contributed by atoms with van der Waals surface area (Å²) in [5.41, 5.74) is 0.404. The number of likely N-dealkylation sites (tertiary alicyclic amines) is 1. The third kappa shape index (κ3) is 3.04. The molecule has 0 aromatic rings. The van der Waals surface area contributed by atoms with Gasteiger partial charge in [0.1, 0.15) is 0 Å². The quantitative estimate of drug-likeness (QED) is 0.799. The van der Waals surface area contributed by atoms with Gasteiger partial charge in [0.25, 0.3) is 0 Å². The summed E-state index contributed by atoms with van der Waals surface area (Å²) in [5.74, 6) is 0.116. The second-order valence-electron chi connectivity index (χ2n) is 7.20. The van der Waals surface area contributed by atoms with Gasteiger partial charge < -0.3 is 5.11 Å². The highest BCUT2D eigenvalue weighted by molar-refractivity contribution is 7.91. The van der Waals surface area contributed by atoms with E-state index in [1.807, 2.05) is 0 Å². The number of hydrogen-bond donors (Lipinski definition) is 1. The second-order valence-corrected chi connectivity index (χ2v) is 9.35. The van der Waals surface area contributed by atoms with Crippen molar-refractivity contribution in [1.82, 2.24) is 4.90 Å². The summed E-state index contributed by atoms with van der Waals surface area (Å²) in [4.78, 5) is 2.30. The Labute approximate surface area is 122 Å². The number of hydrogen-bond acceptors (Lipinski definition) is 4. The Bertz CT molecular complexity index is 440. The van der Waals surface area contributed by atoms with Crippen molar-refractivity contribution in [2.24, 2.45) is 5.41 Å². The molecule has 1 saturated carbocycles. The molecule has 4 nitrogen and oxygen atoms in total. The van der Waals surface area contributed by atoms with E-state index in [2.05, 4.69) is 4.90 Å². The maximum absolute atomic E-state index is 11.7. The summed E-state index contributed by atoms with van der Waals surface area (Å²) in [7, 11) is -3.04. The molecule has 2 saturated heterocycles. The van der Waals surface area contributed by atoms with Crippen molar-refractivity contribution < 1.29 is 13.5 Å². The van der Waals surface area contributed by atoms with E-state index in [9.17, 15) is 13.5 Å². The number of nitrogens with zero attached hydrogens (tertiary/aromatic N) is 1.